The van der Waals surface area contributed by atoms with Gasteiger partial charge in [-0.25, -0.2) is 0 Å². The van der Waals surface area contributed by atoms with Crippen molar-refractivity contribution in [2.75, 3.05) is 0 Å². The first-order valence-electron chi connectivity index (χ1n) is 7.23. The number of carbonyl (C=O) groups excluding carboxylic acids is 2. The second kappa shape index (κ2) is 6.02. The van der Waals surface area contributed by atoms with Gasteiger partial charge in [0.2, 0.25) is 5.91 Å². The van der Waals surface area contributed by atoms with Gasteiger partial charge < -0.3 is 5.73 Å². The summed E-state index contributed by atoms with van der Waals surface area (Å²) in [7, 11) is 0. The molecule has 0 saturated carbocycles. The fourth-order valence-corrected chi connectivity index (χ4v) is 3.71. The van der Waals surface area contributed by atoms with Crippen LogP contribution in [0.1, 0.15) is 33.3 Å². The lowest BCUT2D eigenvalue weighted by Gasteiger charge is -2.34. The fraction of sp³-hybridized carbons (Fsp3) is 0.294. The van der Waals surface area contributed by atoms with E-state index in [0.29, 0.717) is 19.5 Å². The maximum absolute atomic E-state index is 11.8. The second-order valence-electron chi connectivity index (χ2n) is 5.67. The molecule has 22 heavy (non-hydrogen) atoms. The summed E-state index contributed by atoms with van der Waals surface area (Å²) in [6.07, 6.45) is 0.648. The molecule has 1 aromatic carbocycles. The van der Waals surface area contributed by atoms with Gasteiger partial charge in [0, 0.05) is 13.1 Å². The van der Waals surface area contributed by atoms with Gasteiger partial charge in [0.15, 0.2) is 5.78 Å². The molecule has 0 spiro atoms. The molecule has 1 aliphatic heterocycles. The maximum atomic E-state index is 11.8. The smallest absolute Gasteiger partial charge is 0.235 e. The molecule has 3 rings (SSSR count). The summed E-state index contributed by atoms with van der Waals surface area (Å²) in [5.74, 6) is -0.219. The molecular weight excluding hydrogens is 296 g/mol. The van der Waals surface area contributed by atoms with Crippen LogP contribution in [-0.2, 0) is 24.3 Å². The molecule has 114 valence electrons. The van der Waals surface area contributed by atoms with Gasteiger partial charge in [-0.05, 0) is 41.5 Å². The number of fused-ring (bicyclic) bond motifs is 1. The largest absolute Gasteiger partial charge is 0.368 e. The Bertz CT molecular complexity index is 723. The molecule has 1 aliphatic rings. The highest BCUT2D eigenvalue weighted by Gasteiger charge is 2.30. The number of benzene rings is 1. The van der Waals surface area contributed by atoms with Crippen molar-refractivity contribution in [3.05, 3.63) is 57.3 Å². The summed E-state index contributed by atoms with van der Waals surface area (Å²) in [5.41, 5.74) is 9.08. The molecule has 0 fully saturated rings. The Balaban J connectivity index is 1.84. The third-order valence-electron chi connectivity index (χ3n) is 4.06. The molecule has 0 bridgehead atoms. The maximum Gasteiger partial charge on any atom is 0.235 e. The van der Waals surface area contributed by atoms with Crippen LogP contribution in [0, 0.1) is 0 Å². The van der Waals surface area contributed by atoms with Gasteiger partial charge in [0.1, 0.15) is 0 Å². The Morgan fingerprint density at radius 3 is 2.68 bits per heavy atom. The number of carbonyl (C=O) groups is 2. The van der Waals surface area contributed by atoms with E-state index in [0.717, 1.165) is 10.4 Å². The van der Waals surface area contributed by atoms with Crippen LogP contribution >= 0.6 is 11.3 Å². The van der Waals surface area contributed by atoms with E-state index in [-0.39, 0.29) is 17.7 Å². The van der Waals surface area contributed by atoms with Crippen LogP contribution in [0.3, 0.4) is 0 Å². The standard InChI is InChI=1S/C17H18N2O2S/c1-11(20)16-6-12(10-22-16)8-19-9-14-5-3-2-4-13(14)7-15(19)17(18)21/h2-6,10,15H,7-9H2,1H3,(H2,18,21)/t15-/m0/s1. The van der Waals surface area contributed by atoms with Crippen LogP contribution in [-0.4, -0.2) is 22.6 Å². The summed E-state index contributed by atoms with van der Waals surface area (Å²) in [4.78, 5) is 26.1. The lowest BCUT2D eigenvalue weighted by molar-refractivity contribution is -0.124. The zero-order valence-electron chi connectivity index (χ0n) is 12.4. The summed E-state index contributed by atoms with van der Waals surface area (Å²) >= 11 is 1.45. The third-order valence-corrected chi connectivity index (χ3v) is 5.14. The van der Waals surface area contributed by atoms with Gasteiger partial charge in [-0.2, -0.15) is 0 Å². The summed E-state index contributed by atoms with van der Waals surface area (Å²) in [5, 5.41) is 1.98. The number of hydrogen-bond donors (Lipinski definition) is 1. The van der Waals surface area contributed by atoms with Crippen LogP contribution in [0.15, 0.2) is 35.7 Å². The number of rotatable bonds is 4. The third kappa shape index (κ3) is 2.96. The van der Waals surface area contributed by atoms with Crippen molar-refractivity contribution >= 4 is 23.0 Å². The van der Waals surface area contributed by atoms with E-state index < -0.39 is 0 Å². The van der Waals surface area contributed by atoms with Crippen molar-refractivity contribution in [1.82, 2.24) is 4.90 Å². The molecule has 0 radical (unpaired) electrons. The van der Waals surface area contributed by atoms with Gasteiger partial charge in [-0.15, -0.1) is 11.3 Å². The molecule has 1 amide bonds. The number of hydrogen-bond acceptors (Lipinski definition) is 4. The number of primary amides is 1. The van der Waals surface area contributed by atoms with Crippen molar-refractivity contribution in [3.63, 3.8) is 0 Å². The van der Waals surface area contributed by atoms with E-state index in [9.17, 15) is 9.59 Å². The van der Waals surface area contributed by atoms with Gasteiger partial charge in [0.25, 0.3) is 0 Å². The summed E-state index contributed by atoms with van der Waals surface area (Å²) in [6, 6.07) is 9.77. The van der Waals surface area contributed by atoms with E-state index in [1.807, 2.05) is 23.6 Å². The second-order valence-corrected chi connectivity index (χ2v) is 6.58. The predicted molar refractivity (Wildman–Crippen MR) is 86.7 cm³/mol. The molecule has 1 aromatic heterocycles. The van der Waals surface area contributed by atoms with Crippen molar-refractivity contribution in [3.8, 4) is 0 Å². The fourth-order valence-electron chi connectivity index (χ4n) is 2.90. The number of thiophene rings is 1. The summed E-state index contributed by atoms with van der Waals surface area (Å²) < 4.78 is 0. The first-order chi connectivity index (χ1) is 10.5. The van der Waals surface area contributed by atoms with E-state index in [1.54, 1.807) is 6.92 Å². The predicted octanol–water partition coefficient (Wildman–Crippen LogP) is 2.36. The van der Waals surface area contributed by atoms with Crippen LogP contribution in [0.2, 0.25) is 0 Å². The van der Waals surface area contributed by atoms with Crippen molar-refractivity contribution in [1.29, 1.82) is 0 Å². The monoisotopic (exact) mass is 314 g/mol. The average Bonchev–Trinajstić information content (AvgIpc) is 2.95. The first-order valence-corrected chi connectivity index (χ1v) is 8.11. The lowest BCUT2D eigenvalue weighted by atomic mass is 9.93. The molecule has 0 saturated heterocycles. The van der Waals surface area contributed by atoms with Gasteiger partial charge >= 0.3 is 0 Å². The van der Waals surface area contributed by atoms with Gasteiger partial charge in [-0.3, -0.25) is 14.5 Å². The molecule has 0 unspecified atom stereocenters. The Hall–Kier alpha value is -1.98. The lowest BCUT2D eigenvalue weighted by Crippen LogP contribution is -2.47. The minimum atomic E-state index is -0.296. The highest BCUT2D eigenvalue weighted by Crippen LogP contribution is 2.26. The first kappa shape index (κ1) is 14.9. The number of Topliss-reactive ketones (excluding diaryl/α,β-unsaturated/α-hetero) is 1. The Morgan fingerprint density at radius 2 is 2.05 bits per heavy atom. The SMILES string of the molecule is CC(=O)c1cc(CN2Cc3ccccc3C[C@H]2C(N)=O)cs1. The number of ketones is 1. The quantitative estimate of drug-likeness (QED) is 0.881. The van der Waals surface area contributed by atoms with E-state index >= 15 is 0 Å². The highest BCUT2D eigenvalue weighted by molar-refractivity contribution is 7.12. The molecule has 0 aliphatic carbocycles. The molecule has 1 atom stereocenters. The Kier molecular flexibility index (Phi) is 4.09. The van der Waals surface area contributed by atoms with E-state index in [4.69, 9.17) is 5.73 Å². The number of nitrogens with zero attached hydrogens (tertiary/aromatic N) is 1. The molecular formula is C17H18N2O2S. The van der Waals surface area contributed by atoms with Crippen molar-refractivity contribution in [2.45, 2.75) is 32.5 Å². The van der Waals surface area contributed by atoms with Crippen molar-refractivity contribution < 1.29 is 9.59 Å². The Labute approximate surface area is 133 Å². The normalized spacial score (nSPS) is 18.0. The topological polar surface area (TPSA) is 63.4 Å². The molecule has 5 heteroatoms. The highest BCUT2D eigenvalue weighted by atomic mass is 32.1. The minimum absolute atomic E-state index is 0.0756. The van der Waals surface area contributed by atoms with E-state index in [1.165, 1.54) is 22.5 Å². The average molecular weight is 314 g/mol. The zero-order chi connectivity index (χ0) is 15.7. The molecule has 2 N–H and O–H groups in total. The number of amides is 1. The molecule has 2 heterocycles. The van der Waals surface area contributed by atoms with Gasteiger partial charge in [0.05, 0.1) is 10.9 Å². The summed E-state index contributed by atoms with van der Waals surface area (Å²) in [6.45, 7) is 2.90. The number of nitrogens with two attached hydrogens (primary N) is 1. The van der Waals surface area contributed by atoms with Crippen LogP contribution < -0.4 is 5.73 Å². The molecule has 2 aromatic rings. The zero-order valence-corrected chi connectivity index (χ0v) is 13.2. The van der Waals surface area contributed by atoms with E-state index in [2.05, 4.69) is 17.0 Å². The minimum Gasteiger partial charge on any atom is -0.368 e. The Morgan fingerprint density at radius 1 is 1.32 bits per heavy atom. The van der Waals surface area contributed by atoms with Crippen LogP contribution in [0.25, 0.3) is 0 Å². The van der Waals surface area contributed by atoms with Crippen LogP contribution in [0.4, 0.5) is 0 Å². The van der Waals surface area contributed by atoms with Crippen LogP contribution in [0.5, 0.6) is 0 Å². The van der Waals surface area contributed by atoms with Crippen molar-refractivity contribution in [2.24, 2.45) is 5.73 Å². The van der Waals surface area contributed by atoms with Gasteiger partial charge in [-0.1, -0.05) is 24.3 Å². The molecule has 4 nitrogen and oxygen atoms in total.